The number of aliphatic carboxylic acids is 1. The maximum absolute atomic E-state index is 13.6. The summed E-state index contributed by atoms with van der Waals surface area (Å²) in [5.41, 5.74) is 2.66. The Kier molecular flexibility index (Phi) is 9.32. The summed E-state index contributed by atoms with van der Waals surface area (Å²) in [7, 11) is 1.52. The monoisotopic (exact) mass is 564 g/mol. The van der Waals surface area contributed by atoms with Crippen molar-refractivity contribution in [1.82, 2.24) is 0 Å². The van der Waals surface area contributed by atoms with Crippen LogP contribution in [0.5, 0.6) is 5.75 Å². The number of ether oxygens (including phenoxy) is 1. The zero-order chi connectivity index (χ0) is 27.9. The van der Waals surface area contributed by atoms with Crippen molar-refractivity contribution in [2.45, 2.75) is 29.9 Å². The van der Waals surface area contributed by atoms with Crippen LogP contribution >= 0.6 is 23.4 Å². The van der Waals surface area contributed by atoms with Crippen molar-refractivity contribution >= 4 is 52.5 Å². The number of methoxy groups -OCH3 is 1. The summed E-state index contributed by atoms with van der Waals surface area (Å²) in [5, 5.41) is 15.3. The van der Waals surface area contributed by atoms with Crippen molar-refractivity contribution in [1.29, 1.82) is 0 Å². The Morgan fingerprint density at radius 1 is 0.974 bits per heavy atom. The van der Waals surface area contributed by atoms with E-state index in [9.17, 15) is 19.5 Å². The lowest BCUT2D eigenvalue weighted by molar-refractivity contribution is -0.146. The van der Waals surface area contributed by atoms with Gasteiger partial charge in [-0.25, -0.2) is 0 Å². The molecule has 3 aromatic rings. The van der Waals surface area contributed by atoms with Gasteiger partial charge < -0.3 is 20.5 Å². The van der Waals surface area contributed by atoms with Crippen molar-refractivity contribution in [3.05, 3.63) is 95.0 Å². The van der Waals surface area contributed by atoms with E-state index in [1.54, 1.807) is 36.4 Å². The van der Waals surface area contributed by atoms with E-state index in [1.165, 1.54) is 18.9 Å². The normalized spacial score (nSPS) is 17.2. The fraction of sp³-hybridized carbons (Fsp3) is 0.233. The van der Waals surface area contributed by atoms with Gasteiger partial charge in [-0.1, -0.05) is 60.2 Å². The van der Waals surface area contributed by atoms with E-state index >= 15 is 0 Å². The van der Waals surface area contributed by atoms with Gasteiger partial charge in [-0.3, -0.25) is 14.4 Å². The molecule has 0 fully saturated rings. The summed E-state index contributed by atoms with van der Waals surface area (Å²) in [4.78, 5) is 39.0. The molecule has 0 spiro atoms. The summed E-state index contributed by atoms with van der Waals surface area (Å²) in [5.74, 6) is -2.52. The number of aryl methyl sites for hydroxylation is 1. The molecule has 0 aliphatic heterocycles. The van der Waals surface area contributed by atoms with Crippen LogP contribution in [0.1, 0.15) is 29.2 Å². The van der Waals surface area contributed by atoms with Crippen molar-refractivity contribution in [2.75, 3.05) is 17.7 Å². The van der Waals surface area contributed by atoms with E-state index < -0.39 is 23.1 Å². The molecule has 3 atom stereocenters. The second-order valence-corrected chi connectivity index (χ2v) is 10.8. The third-order valence-corrected chi connectivity index (χ3v) is 8.18. The molecule has 3 N–H and O–H groups in total. The van der Waals surface area contributed by atoms with Gasteiger partial charge in [-0.2, -0.15) is 0 Å². The molecule has 3 aromatic carbocycles. The van der Waals surface area contributed by atoms with Crippen LogP contribution in [0, 0.1) is 18.8 Å². The molecule has 4 rings (SSSR count). The highest BCUT2D eigenvalue weighted by Gasteiger charge is 2.34. The van der Waals surface area contributed by atoms with Crippen LogP contribution in [0.2, 0.25) is 5.02 Å². The molecule has 0 bridgehead atoms. The zero-order valence-corrected chi connectivity index (χ0v) is 23.1. The number of thioether (sulfide) groups is 1. The largest absolute Gasteiger partial charge is 0.495 e. The second-order valence-electron chi connectivity index (χ2n) is 9.21. The van der Waals surface area contributed by atoms with Crippen LogP contribution in [0.3, 0.4) is 0 Å². The highest BCUT2D eigenvalue weighted by Crippen LogP contribution is 2.39. The quantitative estimate of drug-likeness (QED) is 0.196. The number of allylic oxidation sites excluding steroid dienone is 2. The predicted octanol–water partition coefficient (Wildman–Crippen LogP) is 6.73. The van der Waals surface area contributed by atoms with Crippen molar-refractivity contribution in [3.63, 3.8) is 0 Å². The zero-order valence-electron chi connectivity index (χ0n) is 21.5. The van der Waals surface area contributed by atoms with E-state index in [0.717, 1.165) is 16.0 Å². The summed E-state index contributed by atoms with van der Waals surface area (Å²) in [6, 6.07) is 20.0. The van der Waals surface area contributed by atoms with Crippen LogP contribution in [0.15, 0.2) is 83.8 Å². The molecule has 0 aromatic heterocycles. The number of hydrogen-bond donors (Lipinski definition) is 3. The number of halogens is 1. The Morgan fingerprint density at radius 3 is 2.38 bits per heavy atom. The topological polar surface area (TPSA) is 105 Å². The Morgan fingerprint density at radius 2 is 1.69 bits per heavy atom. The minimum Gasteiger partial charge on any atom is -0.495 e. The van der Waals surface area contributed by atoms with Crippen LogP contribution in [-0.2, 0) is 14.4 Å². The number of hydrogen-bond acceptors (Lipinski definition) is 5. The third kappa shape index (κ3) is 7.02. The number of benzene rings is 3. The van der Waals surface area contributed by atoms with Crippen LogP contribution in [0.4, 0.5) is 11.4 Å². The molecule has 0 heterocycles. The molecule has 1 aliphatic carbocycles. The Hall–Kier alpha value is -3.75. The van der Waals surface area contributed by atoms with E-state index in [0.29, 0.717) is 35.0 Å². The van der Waals surface area contributed by atoms with Crippen molar-refractivity contribution in [2.24, 2.45) is 11.8 Å². The number of anilines is 2. The SMILES string of the molecule is COc1cc(Cl)c(C)cc1NC(=O)C(Sc1cccc(NC(=O)C2CC=CCC2C(=O)O)c1)c1ccccc1. The first-order valence-corrected chi connectivity index (χ1v) is 13.7. The predicted molar refractivity (Wildman–Crippen MR) is 154 cm³/mol. The van der Waals surface area contributed by atoms with Crippen LogP contribution < -0.4 is 15.4 Å². The Balaban J connectivity index is 1.55. The molecule has 1 aliphatic rings. The van der Waals surface area contributed by atoms with Crippen molar-refractivity contribution in [3.8, 4) is 5.75 Å². The molecular formula is C30H29ClN2O5S. The summed E-state index contributed by atoms with van der Waals surface area (Å²) < 4.78 is 5.42. The summed E-state index contributed by atoms with van der Waals surface area (Å²) in [6.45, 7) is 1.85. The van der Waals surface area contributed by atoms with Gasteiger partial charge >= 0.3 is 5.97 Å². The van der Waals surface area contributed by atoms with Crippen LogP contribution in [-0.4, -0.2) is 30.0 Å². The second kappa shape index (κ2) is 12.9. The first-order chi connectivity index (χ1) is 18.8. The van der Waals surface area contributed by atoms with Gasteiger partial charge in [0.25, 0.3) is 0 Å². The van der Waals surface area contributed by atoms with E-state index in [1.807, 2.05) is 49.4 Å². The maximum atomic E-state index is 13.6. The number of carboxylic acids is 1. The molecule has 39 heavy (non-hydrogen) atoms. The molecule has 3 unspecified atom stereocenters. The molecular weight excluding hydrogens is 536 g/mol. The van der Waals surface area contributed by atoms with Gasteiger partial charge in [-0.05, 0) is 55.2 Å². The van der Waals surface area contributed by atoms with Gasteiger partial charge in [0.15, 0.2) is 0 Å². The number of carbonyl (C=O) groups is 3. The lowest BCUT2D eigenvalue weighted by Gasteiger charge is -2.24. The first-order valence-electron chi connectivity index (χ1n) is 12.4. The number of amides is 2. The number of nitrogens with one attached hydrogen (secondary N) is 2. The molecule has 2 amide bonds. The highest BCUT2D eigenvalue weighted by molar-refractivity contribution is 8.00. The fourth-order valence-corrected chi connectivity index (χ4v) is 5.66. The Bertz CT molecular complexity index is 1400. The van der Waals surface area contributed by atoms with E-state index in [2.05, 4.69) is 10.6 Å². The van der Waals surface area contributed by atoms with Gasteiger partial charge in [0, 0.05) is 21.7 Å². The third-order valence-electron chi connectivity index (χ3n) is 6.52. The smallest absolute Gasteiger partial charge is 0.307 e. The molecule has 9 heteroatoms. The maximum Gasteiger partial charge on any atom is 0.307 e. The summed E-state index contributed by atoms with van der Waals surface area (Å²) >= 11 is 7.57. The average Bonchev–Trinajstić information content (AvgIpc) is 2.94. The van der Waals surface area contributed by atoms with E-state index in [-0.39, 0.29) is 11.8 Å². The number of carboxylic acid groups (broad SMARTS) is 1. The number of rotatable bonds is 9. The molecule has 0 saturated carbocycles. The van der Waals surface area contributed by atoms with Gasteiger partial charge in [-0.15, -0.1) is 11.8 Å². The van der Waals surface area contributed by atoms with Gasteiger partial charge in [0.1, 0.15) is 11.0 Å². The molecule has 0 radical (unpaired) electrons. The minimum atomic E-state index is -0.979. The van der Waals surface area contributed by atoms with E-state index in [4.69, 9.17) is 16.3 Å². The Labute approximate surface area is 236 Å². The lowest BCUT2D eigenvalue weighted by Crippen LogP contribution is -2.34. The van der Waals surface area contributed by atoms with Crippen LogP contribution in [0.25, 0.3) is 0 Å². The standard InChI is InChI=1S/C30H29ClN2O5S/c1-18-15-25(26(38-2)17-24(18)31)33-29(35)27(19-9-4-3-5-10-19)39-21-12-8-11-20(16-21)32-28(34)22-13-6-7-14-23(22)30(36)37/h3-12,15-17,22-23,27H,13-14H2,1-2H3,(H,32,34)(H,33,35)(H,36,37). The lowest BCUT2D eigenvalue weighted by atomic mass is 9.82. The van der Waals surface area contributed by atoms with Crippen molar-refractivity contribution < 1.29 is 24.2 Å². The summed E-state index contributed by atoms with van der Waals surface area (Å²) in [6.07, 6.45) is 4.35. The molecule has 202 valence electrons. The number of carbonyl (C=O) groups excluding carboxylic acids is 2. The minimum absolute atomic E-state index is 0.251. The first kappa shape index (κ1) is 28.3. The highest BCUT2D eigenvalue weighted by atomic mass is 35.5. The van der Waals surface area contributed by atoms with Gasteiger partial charge in [0.2, 0.25) is 11.8 Å². The fourth-order valence-electron chi connectivity index (χ4n) is 4.42. The van der Waals surface area contributed by atoms with Gasteiger partial charge in [0.05, 0.1) is 24.6 Å². The molecule has 0 saturated heterocycles. The molecule has 7 nitrogen and oxygen atoms in total. The average molecular weight is 565 g/mol.